The number of hydrogen-bond acceptors (Lipinski definition) is 5. The second-order valence-corrected chi connectivity index (χ2v) is 7.49. The number of nitrogens with one attached hydrogen (secondary N) is 1. The van der Waals surface area contributed by atoms with Gasteiger partial charge in [-0.3, -0.25) is 14.5 Å². The first-order valence-electron chi connectivity index (χ1n) is 9.93. The SMILES string of the molecule is NC(=O)C1Cc2ccccc2CN1CC(=O)Nc1ccc(N2CCOCC2)cc1. The number of amides is 2. The zero-order chi connectivity index (χ0) is 20.2. The Hall–Kier alpha value is -2.90. The van der Waals surface area contributed by atoms with Crippen molar-refractivity contribution in [3.05, 3.63) is 59.7 Å². The molecule has 0 aliphatic carbocycles. The van der Waals surface area contributed by atoms with Crippen molar-refractivity contribution in [1.82, 2.24) is 4.90 Å². The molecule has 2 aliphatic rings. The molecular formula is C22H26N4O3. The minimum Gasteiger partial charge on any atom is -0.378 e. The molecule has 152 valence electrons. The molecule has 2 aromatic carbocycles. The van der Waals surface area contributed by atoms with E-state index in [1.54, 1.807) is 0 Å². The second-order valence-electron chi connectivity index (χ2n) is 7.49. The third-order valence-electron chi connectivity index (χ3n) is 5.55. The Balaban J connectivity index is 1.39. The molecule has 0 bridgehead atoms. The van der Waals surface area contributed by atoms with Crippen molar-refractivity contribution in [2.24, 2.45) is 5.73 Å². The van der Waals surface area contributed by atoms with Crippen LogP contribution in [-0.4, -0.2) is 55.6 Å². The Labute approximate surface area is 170 Å². The fraction of sp³-hybridized carbons (Fsp3) is 0.364. The summed E-state index contributed by atoms with van der Waals surface area (Å²) in [5.74, 6) is -0.558. The lowest BCUT2D eigenvalue weighted by Crippen LogP contribution is -2.50. The Morgan fingerprint density at radius 2 is 1.72 bits per heavy atom. The molecule has 1 unspecified atom stereocenters. The summed E-state index contributed by atoms with van der Waals surface area (Å²) in [7, 11) is 0. The van der Waals surface area contributed by atoms with Crippen LogP contribution in [0.5, 0.6) is 0 Å². The zero-order valence-corrected chi connectivity index (χ0v) is 16.3. The molecule has 3 N–H and O–H groups in total. The van der Waals surface area contributed by atoms with Crippen molar-refractivity contribution in [3.63, 3.8) is 0 Å². The maximum atomic E-state index is 12.6. The minimum atomic E-state index is -0.473. The minimum absolute atomic E-state index is 0.118. The number of benzene rings is 2. The number of hydrogen-bond donors (Lipinski definition) is 2. The van der Waals surface area contributed by atoms with Gasteiger partial charge >= 0.3 is 0 Å². The van der Waals surface area contributed by atoms with Gasteiger partial charge in [-0.1, -0.05) is 24.3 Å². The topological polar surface area (TPSA) is 87.9 Å². The highest BCUT2D eigenvalue weighted by Gasteiger charge is 2.31. The Bertz CT molecular complexity index is 878. The van der Waals surface area contributed by atoms with Gasteiger partial charge in [0.25, 0.3) is 0 Å². The normalized spacial score (nSPS) is 19.4. The van der Waals surface area contributed by atoms with Crippen molar-refractivity contribution in [3.8, 4) is 0 Å². The van der Waals surface area contributed by atoms with E-state index in [1.807, 2.05) is 53.4 Å². The molecule has 1 saturated heterocycles. The quantitative estimate of drug-likeness (QED) is 0.800. The highest BCUT2D eigenvalue weighted by molar-refractivity contribution is 5.93. The van der Waals surface area contributed by atoms with Gasteiger partial charge in [0.2, 0.25) is 11.8 Å². The van der Waals surface area contributed by atoms with Crippen molar-refractivity contribution < 1.29 is 14.3 Å². The fourth-order valence-corrected chi connectivity index (χ4v) is 3.99. The molecule has 1 fully saturated rings. The van der Waals surface area contributed by atoms with Crippen LogP contribution in [0.25, 0.3) is 0 Å². The van der Waals surface area contributed by atoms with Gasteiger partial charge in [0, 0.05) is 31.0 Å². The average molecular weight is 394 g/mol. The summed E-state index contributed by atoms with van der Waals surface area (Å²) in [5.41, 5.74) is 9.71. The van der Waals surface area contributed by atoms with Crippen LogP contribution < -0.4 is 16.0 Å². The van der Waals surface area contributed by atoms with E-state index in [-0.39, 0.29) is 12.5 Å². The van der Waals surface area contributed by atoms with Gasteiger partial charge < -0.3 is 20.7 Å². The van der Waals surface area contributed by atoms with E-state index in [1.165, 1.54) is 0 Å². The van der Waals surface area contributed by atoms with Gasteiger partial charge in [-0.15, -0.1) is 0 Å². The molecule has 2 aromatic rings. The largest absolute Gasteiger partial charge is 0.378 e. The lowest BCUT2D eigenvalue weighted by atomic mass is 9.93. The summed E-state index contributed by atoms with van der Waals surface area (Å²) in [6.45, 7) is 3.87. The first-order chi connectivity index (χ1) is 14.1. The Kier molecular flexibility index (Phi) is 5.78. The third kappa shape index (κ3) is 4.58. The van der Waals surface area contributed by atoms with E-state index in [2.05, 4.69) is 10.2 Å². The van der Waals surface area contributed by atoms with E-state index in [9.17, 15) is 9.59 Å². The molecular weight excluding hydrogens is 368 g/mol. The molecule has 29 heavy (non-hydrogen) atoms. The van der Waals surface area contributed by atoms with Gasteiger partial charge in [-0.05, 0) is 41.8 Å². The van der Waals surface area contributed by atoms with E-state index < -0.39 is 11.9 Å². The van der Waals surface area contributed by atoms with Crippen LogP contribution in [-0.2, 0) is 27.3 Å². The smallest absolute Gasteiger partial charge is 0.238 e. The zero-order valence-electron chi connectivity index (χ0n) is 16.3. The number of carbonyl (C=O) groups excluding carboxylic acids is 2. The van der Waals surface area contributed by atoms with Crippen LogP contribution >= 0.6 is 0 Å². The molecule has 1 atom stereocenters. The molecule has 7 heteroatoms. The van der Waals surface area contributed by atoms with Crippen LogP contribution in [0.2, 0.25) is 0 Å². The molecule has 4 rings (SSSR count). The molecule has 2 aliphatic heterocycles. The Morgan fingerprint density at radius 1 is 1.03 bits per heavy atom. The van der Waals surface area contributed by atoms with Crippen LogP contribution in [0, 0.1) is 0 Å². The van der Waals surface area contributed by atoms with E-state index >= 15 is 0 Å². The number of anilines is 2. The number of primary amides is 1. The highest BCUT2D eigenvalue weighted by atomic mass is 16.5. The summed E-state index contributed by atoms with van der Waals surface area (Å²) in [5, 5.41) is 2.93. The first kappa shape index (κ1) is 19.4. The lowest BCUT2D eigenvalue weighted by Gasteiger charge is -2.34. The summed E-state index contributed by atoms with van der Waals surface area (Å²) in [4.78, 5) is 28.7. The monoisotopic (exact) mass is 394 g/mol. The predicted octanol–water partition coefficient (Wildman–Crippen LogP) is 1.37. The summed E-state index contributed by atoms with van der Waals surface area (Å²) >= 11 is 0. The number of nitrogens with zero attached hydrogens (tertiary/aromatic N) is 2. The number of rotatable bonds is 5. The van der Waals surface area contributed by atoms with Crippen molar-refractivity contribution in [2.45, 2.75) is 19.0 Å². The van der Waals surface area contributed by atoms with E-state index in [0.717, 1.165) is 48.8 Å². The fourth-order valence-electron chi connectivity index (χ4n) is 3.99. The predicted molar refractivity (Wildman–Crippen MR) is 112 cm³/mol. The number of fused-ring (bicyclic) bond motifs is 1. The molecule has 0 spiro atoms. The molecule has 0 saturated carbocycles. The molecule has 7 nitrogen and oxygen atoms in total. The lowest BCUT2D eigenvalue weighted by molar-refractivity contribution is -0.125. The first-order valence-corrected chi connectivity index (χ1v) is 9.93. The standard InChI is InChI=1S/C22H26N4O3/c23-22(28)20-13-16-3-1-2-4-17(16)14-26(20)15-21(27)24-18-5-7-19(8-6-18)25-9-11-29-12-10-25/h1-8,20H,9-15H2,(H2,23,28)(H,24,27). The molecule has 2 heterocycles. The summed E-state index contributed by atoms with van der Waals surface area (Å²) in [6.07, 6.45) is 0.535. The van der Waals surface area contributed by atoms with Gasteiger partial charge in [0.1, 0.15) is 0 Å². The van der Waals surface area contributed by atoms with Crippen LogP contribution in [0.1, 0.15) is 11.1 Å². The molecule has 2 amide bonds. The summed E-state index contributed by atoms with van der Waals surface area (Å²) in [6, 6.07) is 15.3. The highest BCUT2D eigenvalue weighted by Crippen LogP contribution is 2.23. The summed E-state index contributed by atoms with van der Waals surface area (Å²) < 4.78 is 5.38. The number of carbonyl (C=O) groups is 2. The average Bonchev–Trinajstić information content (AvgIpc) is 2.74. The third-order valence-corrected chi connectivity index (χ3v) is 5.55. The van der Waals surface area contributed by atoms with Crippen molar-refractivity contribution in [2.75, 3.05) is 43.1 Å². The van der Waals surface area contributed by atoms with Crippen molar-refractivity contribution >= 4 is 23.2 Å². The second kappa shape index (κ2) is 8.63. The van der Waals surface area contributed by atoms with Gasteiger partial charge in [0.05, 0.1) is 25.8 Å². The van der Waals surface area contributed by atoms with E-state index in [0.29, 0.717) is 13.0 Å². The number of morpholine rings is 1. The van der Waals surface area contributed by atoms with Gasteiger partial charge in [-0.25, -0.2) is 0 Å². The van der Waals surface area contributed by atoms with Crippen molar-refractivity contribution in [1.29, 1.82) is 0 Å². The van der Waals surface area contributed by atoms with Crippen LogP contribution in [0.15, 0.2) is 48.5 Å². The van der Waals surface area contributed by atoms with Crippen LogP contribution in [0.3, 0.4) is 0 Å². The van der Waals surface area contributed by atoms with Gasteiger partial charge in [0.15, 0.2) is 0 Å². The van der Waals surface area contributed by atoms with E-state index in [4.69, 9.17) is 10.5 Å². The maximum absolute atomic E-state index is 12.6. The molecule has 0 aromatic heterocycles. The van der Waals surface area contributed by atoms with Gasteiger partial charge in [-0.2, -0.15) is 0 Å². The van der Waals surface area contributed by atoms with Crippen LogP contribution in [0.4, 0.5) is 11.4 Å². The number of ether oxygens (including phenoxy) is 1. The maximum Gasteiger partial charge on any atom is 0.238 e. The number of nitrogens with two attached hydrogens (primary N) is 1. The molecule has 0 radical (unpaired) electrons. The Morgan fingerprint density at radius 3 is 2.41 bits per heavy atom.